The van der Waals surface area contributed by atoms with Crippen molar-refractivity contribution < 1.29 is 4.42 Å². The van der Waals surface area contributed by atoms with Gasteiger partial charge in [-0.15, -0.1) is 0 Å². The molecule has 2 aliphatic heterocycles. The van der Waals surface area contributed by atoms with E-state index in [0.29, 0.717) is 0 Å². The number of aryl methyl sites for hydroxylation is 1. The summed E-state index contributed by atoms with van der Waals surface area (Å²) >= 11 is 0. The lowest BCUT2D eigenvalue weighted by Crippen LogP contribution is -2.56. The van der Waals surface area contributed by atoms with E-state index in [4.69, 9.17) is 4.42 Å². The Morgan fingerprint density at radius 1 is 0.507 bits per heavy atom. The van der Waals surface area contributed by atoms with Gasteiger partial charge in [0.15, 0.2) is 0 Å². The Hall–Kier alpha value is -8.28. The molecule has 2 aliphatic rings. The molecule has 4 heterocycles. The van der Waals surface area contributed by atoms with Crippen molar-refractivity contribution in [3.05, 3.63) is 218 Å². The highest BCUT2D eigenvalue weighted by molar-refractivity contribution is 6.90. The van der Waals surface area contributed by atoms with Crippen LogP contribution in [0.1, 0.15) is 25.3 Å². The van der Waals surface area contributed by atoms with Crippen molar-refractivity contribution in [2.45, 2.75) is 26.2 Å². The van der Waals surface area contributed by atoms with E-state index < -0.39 is 0 Å². The normalized spacial score (nSPS) is 12.7. The van der Waals surface area contributed by atoms with Crippen molar-refractivity contribution in [2.75, 3.05) is 9.80 Å². The fraction of sp³-hybridized carbons (Fsp3) is 0.0645. The standard InChI is InChI=1S/C62H44BN3O/c1-2-3-18-40-31-33-53(50(35-40)41-19-7-4-8-20-41)65-54-34-32-46(64(44-23-9-5-10-24-44)45-25-11-6-12-26-45)38-52(54)63-61-56(65)39-58-59(48-27-15-16-30-57(48)67-58)60(61)49-29-17-28-47-51-36-42-21-13-14-22-43(42)37-55(51)66(63)62(47)49/h4-17,19-39H,2-3,18H2,1H3. The van der Waals surface area contributed by atoms with E-state index >= 15 is 0 Å². The quantitative estimate of drug-likeness (QED) is 0.142. The molecule has 0 spiro atoms. The molecule has 14 rings (SSSR count). The maximum absolute atomic E-state index is 6.97. The third-order valence-corrected chi connectivity index (χ3v) is 14.5. The van der Waals surface area contributed by atoms with Crippen LogP contribution in [-0.2, 0) is 6.42 Å². The fourth-order valence-electron chi connectivity index (χ4n) is 11.6. The molecule has 0 aliphatic carbocycles. The Kier molecular flexibility index (Phi) is 8.45. The van der Waals surface area contributed by atoms with Crippen LogP contribution in [0.15, 0.2) is 217 Å². The summed E-state index contributed by atoms with van der Waals surface area (Å²) in [4.78, 5) is 4.97. The summed E-state index contributed by atoms with van der Waals surface area (Å²) in [6.45, 7) is 2.10. The van der Waals surface area contributed by atoms with E-state index in [1.54, 1.807) is 0 Å². The highest BCUT2D eigenvalue weighted by Gasteiger charge is 2.45. The summed E-state index contributed by atoms with van der Waals surface area (Å²) in [6, 6.07) is 78.5. The molecule has 0 atom stereocenters. The minimum Gasteiger partial charge on any atom is -0.456 e. The van der Waals surface area contributed by atoms with E-state index in [9.17, 15) is 0 Å². The molecule has 4 nitrogen and oxygen atoms in total. The van der Waals surface area contributed by atoms with Gasteiger partial charge in [-0.1, -0.05) is 147 Å². The molecule has 0 N–H and O–H groups in total. The number of fused-ring (bicyclic) bond motifs is 12. The predicted molar refractivity (Wildman–Crippen MR) is 283 cm³/mol. The number of aromatic nitrogens is 1. The smallest absolute Gasteiger partial charge is 0.333 e. The lowest BCUT2D eigenvalue weighted by molar-refractivity contribution is 0.669. The third kappa shape index (κ3) is 5.68. The first-order chi connectivity index (χ1) is 33.2. The van der Waals surface area contributed by atoms with E-state index in [2.05, 4.69) is 234 Å². The molecule has 2 aromatic heterocycles. The first-order valence-electron chi connectivity index (χ1n) is 23.7. The lowest BCUT2D eigenvalue weighted by atomic mass is 9.44. The second kappa shape index (κ2) is 14.9. The van der Waals surface area contributed by atoms with Crippen molar-refractivity contribution in [1.82, 2.24) is 4.48 Å². The van der Waals surface area contributed by atoms with Crippen LogP contribution in [0.4, 0.5) is 34.1 Å². The molecule has 0 bridgehead atoms. The molecular formula is C62H44BN3O. The fourth-order valence-corrected chi connectivity index (χ4v) is 11.6. The van der Waals surface area contributed by atoms with Crippen LogP contribution in [0.5, 0.6) is 0 Å². The number of para-hydroxylation sites is 4. The predicted octanol–water partition coefficient (Wildman–Crippen LogP) is 15.7. The van der Waals surface area contributed by atoms with E-state index in [1.807, 2.05) is 0 Å². The Labute approximate surface area is 389 Å². The molecule has 0 fully saturated rings. The van der Waals surface area contributed by atoms with Crippen LogP contribution >= 0.6 is 0 Å². The van der Waals surface area contributed by atoms with Gasteiger partial charge in [-0.25, -0.2) is 0 Å². The topological polar surface area (TPSA) is 24.6 Å². The van der Waals surface area contributed by atoms with Gasteiger partial charge in [-0.2, -0.15) is 0 Å². The number of furan rings is 1. The van der Waals surface area contributed by atoms with Crippen LogP contribution in [0.3, 0.4) is 0 Å². The van der Waals surface area contributed by atoms with E-state index in [-0.39, 0.29) is 6.85 Å². The maximum Gasteiger partial charge on any atom is 0.333 e. The molecule has 316 valence electrons. The number of rotatable bonds is 8. The molecule has 67 heavy (non-hydrogen) atoms. The number of hydrogen-bond acceptors (Lipinski definition) is 3. The molecule has 10 aromatic carbocycles. The lowest BCUT2D eigenvalue weighted by Gasteiger charge is -2.41. The van der Waals surface area contributed by atoms with Crippen LogP contribution in [0.2, 0.25) is 0 Å². The first kappa shape index (κ1) is 38.0. The Balaban J connectivity index is 1.15. The molecular weight excluding hydrogens is 814 g/mol. The van der Waals surface area contributed by atoms with Crippen molar-refractivity contribution in [3.8, 4) is 22.3 Å². The number of anilines is 6. The maximum atomic E-state index is 6.97. The zero-order chi connectivity index (χ0) is 44.2. The van der Waals surface area contributed by atoms with Gasteiger partial charge < -0.3 is 18.7 Å². The second-order valence-electron chi connectivity index (χ2n) is 18.3. The molecule has 5 heteroatoms. The summed E-state index contributed by atoms with van der Waals surface area (Å²) in [7, 11) is 0. The monoisotopic (exact) mass is 857 g/mol. The van der Waals surface area contributed by atoms with Gasteiger partial charge in [0.05, 0.1) is 5.69 Å². The van der Waals surface area contributed by atoms with Crippen LogP contribution in [-0.4, -0.2) is 11.3 Å². The number of unbranched alkanes of at least 4 members (excludes halogenated alkanes) is 1. The van der Waals surface area contributed by atoms with E-state index in [1.165, 1.54) is 76.7 Å². The highest BCUT2D eigenvalue weighted by atomic mass is 16.3. The number of hydrogen-bond donors (Lipinski definition) is 0. The summed E-state index contributed by atoms with van der Waals surface area (Å²) < 4.78 is 9.66. The Bertz CT molecular complexity index is 3890. The highest BCUT2D eigenvalue weighted by Crippen LogP contribution is 2.51. The van der Waals surface area contributed by atoms with Gasteiger partial charge in [-0.3, -0.25) is 0 Å². The average Bonchev–Trinajstić information content (AvgIpc) is 3.92. The van der Waals surface area contributed by atoms with E-state index in [0.717, 1.165) is 69.9 Å². The first-order valence-corrected chi connectivity index (χ1v) is 23.7. The molecule has 12 aromatic rings. The molecule has 0 saturated heterocycles. The zero-order valence-electron chi connectivity index (χ0n) is 37.2. The number of benzene rings is 10. The van der Waals surface area contributed by atoms with Gasteiger partial charge >= 0.3 is 6.85 Å². The molecule has 0 radical (unpaired) electrons. The SMILES string of the molecule is CCCCc1ccc(N2c3ccc(N(c4ccccc4)c4ccccc4)cc3B3c4c2cc2oc5ccccc5c2c4-c2cccc4c5cc6ccccc6cc5n3c24)c(-c2ccccc2)c1. The average molecular weight is 858 g/mol. The largest absolute Gasteiger partial charge is 0.456 e. The summed E-state index contributed by atoms with van der Waals surface area (Å²) in [6.07, 6.45) is 3.33. The van der Waals surface area contributed by atoms with Gasteiger partial charge in [0, 0.05) is 78.2 Å². The van der Waals surface area contributed by atoms with Gasteiger partial charge in [0.25, 0.3) is 0 Å². The van der Waals surface area contributed by atoms with Crippen molar-refractivity contribution in [2.24, 2.45) is 0 Å². The van der Waals surface area contributed by atoms with Crippen LogP contribution in [0.25, 0.3) is 76.8 Å². The molecule has 0 unspecified atom stereocenters. The van der Waals surface area contributed by atoms with Gasteiger partial charge in [-0.05, 0) is 124 Å². The van der Waals surface area contributed by atoms with Crippen molar-refractivity contribution >= 4 is 106 Å². The summed E-state index contributed by atoms with van der Waals surface area (Å²) in [5, 5.41) is 7.31. The van der Waals surface area contributed by atoms with Crippen LogP contribution < -0.4 is 20.7 Å². The minimum atomic E-state index is -0.178. The van der Waals surface area contributed by atoms with Gasteiger partial charge in [0.1, 0.15) is 11.2 Å². The van der Waals surface area contributed by atoms with Crippen LogP contribution in [0, 0.1) is 0 Å². The van der Waals surface area contributed by atoms with Crippen molar-refractivity contribution in [3.63, 3.8) is 0 Å². The second-order valence-corrected chi connectivity index (χ2v) is 18.3. The molecule has 0 saturated carbocycles. The summed E-state index contributed by atoms with van der Waals surface area (Å²) in [5.74, 6) is 0. The van der Waals surface area contributed by atoms with Crippen molar-refractivity contribution in [1.29, 1.82) is 0 Å². The Morgan fingerprint density at radius 3 is 1.97 bits per heavy atom. The number of nitrogens with zero attached hydrogens (tertiary/aromatic N) is 3. The van der Waals surface area contributed by atoms with Gasteiger partial charge in [0.2, 0.25) is 0 Å². The zero-order valence-corrected chi connectivity index (χ0v) is 37.2. The molecule has 0 amide bonds. The third-order valence-electron chi connectivity index (χ3n) is 14.5. The summed E-state index contributed by atoms with van der Waals surface area (Å²) in [5.41, 5.74) is 19.8. The Morgan fingerprint density at radius 2 is 1.19 bits per heavy atom. The minimum absolute atomic E-state index is 0.178.